The minimum absolute atomic E-state index is 0.874. The van der Waals surface area contributed by atoms with Crippen LogP contribution in [0.3, 0.4) is 0 Å². The van der Waals surface area contributed by atoms with Gasteiger partial charge in [0.05, 0.1) is 0 Å². The summed E-state index contributed by atoms with van der Waals surface area (Å²) in [5.41, 5.74) is 14.5. The average molecular weight is 640 g/mol. The molecule has 0 aliphatic carbocycles. The van der Waals surface area contributed by atoms with Crippen LogP contribution in [0.25, 0.3) is 66.4 Å². The van der Waals surface area contributed by atoms with Crippen LogP contribution in [0.2, 0.25) is 0 Å². The SMILES string of the molecule is c1ccc(-c2ccc(N(c3ccc(-c4cccc(-c5cccc(-c6ccccc6)c5)c4)cc3)c3ccc4c(c3)oc3ccccc34)cc2)cc1. The molecule has 0 aliphatic rings. The Hall–Kier alpha value is -6.64. The normalized spacial score (nSPS) is 11.2. The summed E-state index contributed by atoms with van der Waals surface area (Å²) in [6.07, 6.45) is 0. The van der Waals surface area contributed by atoms with Crippen molar-refractivity contribution in [3.63, 3.8) is 0 Å². The zero-order chi connectivity index (χ0) is 33.3. The molecule has 236 valence electrons. The Morgan fingerprint density at radius 3 is 1.24 bits per heavy atom. The van der Waals surface area contributed by atoms with Gasteiger partial charge in [0.15, 0.2) is 0 Å². The highest BCUT2D eigenvalue weighted by molar-refractivity contribution is 6.06. The van der Waals surface area contributed by atoms with Crippen molar-refractivity contribution in [1.82, 2.24) is 0 Å². The Morgan fingerprint density at radius 1 is 0.260 bits per heavy atom. The van der Waals surface area contributed by atoms with Gasteiger partial charge >= 0.3 is 0 Å². The fourth-order valence-corrected chi connectivity index (χ4v) is 6.92. The third-order valence-electron chi connectivity index (χ3n) is 9.48. The number of furan rings is 1. The number of para-hydroxylation sites is 1. The number of fused-ring (bicyclic) bond motifs is 3. The quantitative estimate of drug-likeness (QED) is 0.173. The third-order valence-corrected chi connectivity index (χ3v) is 9.48. The van der Waals surface area contributed by atoms with Gasteiger partial charge in [-0.25, -0.2) is 0 Å². The zero-order valence-corrected chi connectivity index (χ0v) is 27.4. The van der Waals surface area contributed by atoms with Crippen molar-refractivity contribution >= 4 is 39.0 Å². The van der Waals surface area contributed by atoms with E-state index in [0.717, 1.165) is 39.0 Å². The number of nitrogens with zero attached hydrogens (tertiary/aromatic N) is 1. The first-order valence-corrected chi connectivity index (χ1v) is 17.0. The second-order valence-corrected chi connectivity index (χ2v) is 12.6. The van der Waals surface area contributed by atoms with Crippen LogP contribution in [0.1, 0.15) is 0 Å². The van der Waals surface area contributed by atoms with E-state index in [1.54, 1.807) is 0 Å². The molecule has 0 spiro atoms. The summed E-state index contributed by atoms with van der Waals surface area (Å²) in [5, 5.41) is 2.25. The van der Waals surface area contributed by atoms with Crippen LogP contribution >= 0.6 is 0 Å². The maximum absolute atomic E-state index is 6.32. The molecule has 1 heterocycles. The predicted octanol–water partition coefficient (Wildman–Crippen LogP) is 13.7. The van der Waals surface area contributed by atoms with E-state index in [0.29, 0.717) is 0 Å². The molecule has 0 atom stereocenters. The van der Waals surface area contributed by atoms with Gasteiger partial charge in [0.25, 0.3) is 0 Å². The third kappa shape index (κ3) is 5.63. The van der Waals surface area contributed by atoms with Gasteiger partial charge in [-0.15, -0.1) is 0 Å². The van der Waals surface area contributed by atoms with E-state index < -0.39 is 0 Å². The molecule has 2 nitrogen and oxygen atoms in total. The standard InChI is InChI=1S/C48H33NO/c1-3-11-34(12-4-1)36-21-25-42(26-22-36)49(44-29-30-46-45-19-7-8-20-47(45)50-48(46)33-44)43-27-23-37(24-28-43)39-16-10-18-41(32-39)40-17-9-15-38(31-40)35-13-5-2-6-14-35/h1-33H. The Morgan fingerprint density at radius 2 is 0.660 bits per heavy atom. The number of rotatable bonds is 7. The van der Waals surface area contributed by atoms with Crippen molar-refractivity contribution in [3.8, 4) is 44.5 Å². The number of hydrogen-bond donors (Lipinski definition) is 0. The van der Waals surface area contributed by atoms with Crippen LogP contribution in [0, 0.1) is 0 Å². The van der Waals surface area contributed by atoms with E-state index in [4.69, 9.17) is 4.42 Å². The molecule has 8 aromatic carbocycles. The minimum Gasteiger partial charge on any atom is -0.456 e. The molecule has 0 amide bonds. The van der Waals surface area contributed by atoms with Gasteiger partial charge < -0.3 is 9.32 Å². The summed E-state index contributed by atoms with van der Waals surface area (Å²) in [4.78, 5) is 2.30. The van der Waals surface area contributed by atoms with E-state index in [-0.39, 0.29) is 0 Å². The lowest BCUT2D eigenvalue weighted by atomic mass is 9.96. The van der Waals surface area contributed by atoms with Gasteiger partial charge in [0.2, 0.25) is 0 Å². The van der Waals surface area contributed by atoms with Crippen LogP contribution in [-0.4, -0.2) is 0 Å². The van der Waals surface area contributed by atoms with E-state index in [2.05, 4.69) is 193 Å². The van der Waals surface area contributed by atoms with E-state index in [1.807, 2.05) is 12.1 Å². The minimum atomic E-state index is 0.874. The van der Waals surface area contributed by atoms with Crippen LogP contribution in [0.4, 0.5) is 17.1 Å². The highest BCUT2D eigenvalue weighted by Crippen LogP contribution is 2.40. The molecule has 0 unspecified atom stereocenters. The lowest BCUT2D eigenvalue weighted by Crippen LogP contribution is -2.09. The topological polar surface area (TPSA) is 16.4 Å². The van der Waals surface area contributed by atoms with Gasteiger partial charge in [0.1, 0.15) is 11.2 Å². The van der Waals surface area contributed by atoms with Crippen molar-refractivity contribution in [2.45, 2.75) is 0 Å². The fourth-order valence-electron chi connectivity index (χ4n) is 6.92. The highest BCUT2D eigenvalue weighted by Gasteiger charge is 2.16. The summed E-state index contributed by atoms with van der Waals surface area (Å²) in [6, 6.07) is 71.1. The van der Waals surface area contributed by atoms with Crippen molar-refractivity contribution in [1.29, 1.82) is 0 Å². The van der Waals surface area contributed by atoms with Crippen LogP contribution in [-0.2, 0) is 0 Å². The molecule has 0 radical (unpaired) electrons. The summed E-state index contributed by atoms with van der Waals surface area (Å²) < 4.78 is 6.32. The summed E-state index contributed by atoms with van der Waals surface area (Å²) in [5.74, 6) is 0. The lowest BCUT2D eigenvalue weighted by molar-refractivity contribution is 0.669. The van der Waals surface area contributed by atoms with E-state index in [9.17, 15) is 0 Å². The smallest absolute Gasteiger partial charge is 0.137 e. The van der Waals surface area contributed by atoms with Gasteiger partial charge in [-0.05, 0) is 99.1 Å². The number of benzene rings is 8. The fraction of sp³-hybridized carbons (Fsp3) is 0. The molecule has 2 heteroatoms. The zero-order valence-electron chi connectivity index (χ0n) is 27.4. The molecular formula is C48H33NO. The molecule has 0 fully saturated rings. The van der Waals surface area contributed by atoms with Crippen molar-refractivity contribution in [2.24, 2.45) is 0 Å². The summed E-state index contributed by atoms with van der Waals surface area (Å²) in [7, 11) is 0. The summed E-state index contributed by atoms with van der Waals surface area (Å²) >= 11 is 0. The van der Waals surface area contributed by atoms with Gasteiger partial charge in [-0.2, -0.15) is 0 Å². The van der Waals surface area contributed by atoms with Crippen LogP contribution in [0.5, 0.6) is 0 Å². The largest absolute Gasteiger partial charge is 0.456 e. The predicted molar refractivity (Wildman–Crippen MR) is 210 cm³/mol. The molecule has 9 rings (SSSR count). The van der Waals surface area contributed by atoms with Crippen molar-refractivity contribution < 1.29 is 4.42 Å². The van der Waals surface area contributed by atoms with E-state index >= 15 is 0 Å². The maximum atomic E-state index is 6.32. The van der Waals surface area contributed by atoms with E-state index in [1.165, 1.54) is 44.5 Å². The molecule has 0 aliphatic heterocycles. The van der Waals surface area contributed by atoms with Crippen molar-refractivity contribution in [2.75, 3.05) is 4.90 Å². The number of hydrogen-bond acceptors (Lipinski definition) is 2. The van der Waals surface area contributed by atoms with Gasteiger partial charge in [0, 0.05) is 33.9 Å². The van der Waals surface area contributed by atoms with Crippen molar-refractivity contribution in [3.05, 3.63) is 200 Å². The Balaban J connectivity index is 1.08. The molecule has 1 aromatic heterocycles. The molecule has 50 heavy (non-hydrogen) atoms. The maximum Gasteiger partial charge on any atom is 0.137 e. The van der Waals surface area contributed by atoms with Crippen LogP contribution in [0.15, 0.2) is 205 Å². The van der Waals surface area contributed by atoms with Crippen LogP contribution < -0.4 is 4.90 Å². The first-order valence-electron chi connectivity index (χ1n) is 17.0. The Kier molecular flexibility index (Phi) is 7.53. The lowest BCUT2D eigenvalue weighted by Gasteiger charge is -2.26. The molecule has 9 aromatic rings. The Labute approximate surface area is 292 Å². The molecule has 0 N–H and O–H groups in total. The first-order chi connectivity index (χ1) is 24.8. The second-order valence-electron chi connectivity index (χ2n) is 12.6. The molecular weight excluding hydrogens is 607 g/mol. The Bertz CT molecular complexity index is 2570. The summed E-state index contributed by atoms with van der Waals surface area (Å²) in [6.45, 7) is 0. The average Bonchev–Trinajstić information content (AvgIpc) is 3.57. The van der Waals surface area contributed by atoms with Gasteiger partial charge in [-0.1, -0.05) is 140 Å². The number of anilines is 3. The molecule has 0 saturated carbocycles. The van der Waals surface area contributed by atoms with Gasteiger partial charge in [-0.3, -0.25) is 0 Å². The first kappa shape index (κ1) is 29.5. The molecule has 0 saturated heterocycles. The highest BCUT2D eigenvalue weighted by atomic mass is 16.3. The second kappa shape index (κ2) is 12.8. The monoisotopic (exact) mass is 639 g/mol. The molecule has 0 bridgehead atoms.